The fourth-order valence-corrected chi connectivity index (χ4v) is 3.57. The largest absolute Gasteiger partial charge is 0.351 e. The standard InChI is InChI=1S/C12H17N3O3S/c1-9-7-11(15(16)17)12(13-8-9)14(2)10-3-5-19(18)6-4-10/h7-8,10H,3-6H2,1-2H3. The van der Waals surface area contributed by atoms with Gasteiger partial charge in [0.15, 0.2) is 0 Å². The summed E-state index contributed by atoms with van der Waals surface area (Å²) in [4.78, 5) is 16.8. The van der Waals surface area contributed by atoms with Gasteiger partial charge in [-0.15, -0.1) is 0 Å². The van der Waals surface area contributed by atoms with E-state index in [1.165, 1.54) is 0 Å². The fraction of sp³-hybridized carbons (Fsp3) is 0.583. The lowest BCUT2D eigenvalue weighted by Gasteiger charge is -2.31. The van der Waals surface area contributed by atoms with Crippen LogP contribution in [0.25, 0.3) is 0 Å². The van der Waals surface area contributed by atoms with E-state index in [1.54, 1.807) is 19.2 Å². The second-order valence-electron chi connectivity index (χ2n) is 4.80. The minimum atomic E-state index is -0.733. The molecule has 0 bridgehead atoms. The molecule has 0 spiro atoms. The first kappa shape index (κ1) is 13.9. The zero-order valence-electron chi connectivity index (χ0n) is 11.0. The van der Waals surface area contributed by atoms with Crippen molar-refractivity contribution in [2.45, 2.75) is 25.8 Å². The van der Waals surface area contributed by atoms with Gasteiger partial charge in [0.25, 0.3) is 0 Å². The molecule has 1 aliphatic rings. The Hall–Kier alpha value is -1.50. The van der Waals surface area contributed by atoms with E-state index >= 15 is 0 Å². The average Bonchev–Trinajstić information content (AvgIpc) is 2.38. The molecule has 0 aromatic carbocycles. The molecular weight excluding hydrogens is 266 g/mol. The Kier molecular flexibility index (Phi) is 4.14. The minimum Gasteiger partial charge on any atom is -0.351 e. The van der Waals surface area contributed by atoms with Gasteiger partial charge in [-0.3, -0.25) is 14.3 Å². The van der Waals surface area contributed by atoms with Gasteiger partial charge in [0.1, 0.15) is 0 Å². The van der Waals surface area contributed by atoms with E-state index in [-0.39, 0.29) is 11.7 Å². The number of hydrogen-bond donors (Lipinski definition) is 0. The molecule has 0 radical (unpaired) electrons. The maximum Gasteiger partial charge on any atom is 0.311 e. The maximum atomic E-state index is 11.4. The monoisotopic (exact) mass is 283 g/mol. The quantitative estimate of drug-likeness (QED) is 0.622. The van der Waals surface area contributed by atoms with Crippen molar-refractivity contribution < 1.29 is 9.13 Å². The molecule has 0 atom stereocenters. The third-order valence-electron chi connectivity index (χ3n) is 3.42. The van der Waals surface area contributed by atoms with Crippen LogP contribution >= 0.6 is 0 Å². The third-order valence-corrected chi connectivity index (χ3v) is 4.80. The highest BCUT2D eigenvalue weighted by atomic mass is 32.2. The van der Waals surface area contributed by atoms with Crippen molar-refractivity contribution in [3.63, 3.8) is 0 Å². The Morgan fingerprint density at radius 2 is 2.11 bits per heavy atom. The zero-order chi connectivity index (χ0) is 14.0. The molecule has 0 unspecified atom stereocenters. The van der Waals surface area contributed by atoms with Crippen LogP contribution in [0.2, 0.25) is 0 Å². The van der Waals surface area contributed by atoms with Gasteiger partial charge in [-0.1, -0.05) is 0 Å². The lowest BCUT2D eigenvalue weighted by atomic mass is 10.1. The molecule has 1 aromatic rings. The van der Waals surface area contributed by atoms with Crippen LogP contribution in [0.15, 0.2) is 12.3 Å². The molecule has 19 heavy (non-hydrogen) atoms. The van der Waals surface area contributed by atoms with Gasteiger partial charge < -0.3 is 4.90 Å². The second-order valence-corrected chi connectivity index (χ2v) is 6.50. The highest BCUT2D eigenvalue weighted by Gasteiger charge is 2.27. The van der Waals surface area contributed by atoms with Crippen molar-refractivity contribution in [1.29, 1.82) is 0 Å². The molecule has 0 amide bonds. The first-order chi connectivity index (χ1) is 8.99. The Labute approximate surface area is 114 Å². The van der Waals surface area contributed by atoms with Crippen LogP contribution in [-0.4, -0.2) is 38.7 Å². The van der Waals surface area contributed by atoms with Crippen molar-refractivity contribution in [2.75, 3.05) is 23.5 Å². The van der Waals surface area contributed by atoms with Crippen molar-refractivity contribution >= 4 is 22.3 Å². The van der Waals surface area contributed by atoms with E-state index < -0.39 is 15.7 Å². The normalized spacial score (nSPS) is 23.1. The summed E-state index contributed by atoms with van der Waals surface area (Å²) in [6.45, 7) is 1.79. The number of aryl methyl sites for hydroxylation is 1. The molecule has 1 aromatic heterocycles. The van der Waals surface area contributed by atoms with Gasteiger partial charge in [-0.25, -0.2) is 4.98 Å². The smallest absolute Gasteiger partial charge is 0.311 e. The lowest BCUT2D eigenvalue weighted by Crippen LogP contribution is -2.38. The lowest BCUT2D eigenvalue weighted by molar-refractivity contribution is -0.384. The Morgan fingerprint density at radius 3 is 2.68 bits per heavy atom. The van der Waals surface area contributed by atoms with E-state index in [2.05, 4.69) is 4.98 Å². The average molecular weight is 283 g/mol. The summed E-state index contributed by atoms with van der Waals surface area (Å²) in [5.74, 6) is 1.72. The predicted molar refractivity (Wildman–Crippen MR) is 74.9 cm³/mol. The van der Waals surface area contributed by atoms with Crippen molar-refractivity contribution in [2.24, 2.45) is 0 Å². The first-order valence-electron chi connectivity index (χ1n) is 6.18. The van der Waals surface area contributed by atoms with Crippen LogP contribution in [-0.2, 0) is 10.8 Å². The van der Waals surface area contributed by atoms with Crippen LogP contribution in [0.4, 0.5) is 11.5 Å². The molecule has 104 valence electrons. The summed E-state index contributed by atoms with van der Waals surface area (Å²) in [6.07, 6.45) is 3.21. The summed E-state index contributed by atoms with van der Waals surface area (Å²) in [6, 6.07) is 1.71. The summed E-state index contributed by atoms with van der Waals surface area (Å²) >= 11 is 0. The van der Waals surface area contributed by atoms with Crippen molar-refractivity contribution in [3.05, 3.63) is 27.9 Å². The highest BCUT2D eigenvalue weighted by Crippen LogP contribution is 2.29. The molecule has 7 heteroatoms. The number of pyridine rings is 1. The molecule has 2 heterocycles. The molecule has 1 aliphatic heterocycles. The van der Waals surface area contributed by atoms with E-state index in [4.69, 9.17) is 0 Å². The molecule has 0 aliphatic carbocycles. The number of anilines is 1. The first-order valence-corrected chi connectivity index (χ1v) is 7.66. The molecule has 6 nitrogen and oxygen atoms in total. The maximum absolute atomic E-state index is 11.4. The summed E-state index contributed by atoms with van der Waals surface area (Å²) in [7, 11) is 1.09. The number of rotatable bonds is 3. The molecule has 1 saturated heterocycles. The third kappa shape index (κ3) is 3.09. The minimum absolute atomic E-state index is 0.0363. The van der Waals surface area contributed by atoms with E-state index in [0.717, 1.165) is 18.4 Å². The fourth-order valence-electron chi connectivity index (χ4n) is 2.29. The van der Waals surface area contributed by atoms with Gasteiger partial charge in [-0.2, -0.15) is 0 Å². The predicted octanol–water partition coefficient (Wildman–Crippen LogP) is 1.65. The Morgan fingerprint density at radius 1 is 1.47 bits per heavy atom. The summed E-state index contributed by atoms with van der Waals surface area (Å²) in [5.41, 5.74) is 0.808. The Bertz CT molecular complexity index is 511. The number of nitro groups is 1. The van der Waals surface area contributed by atoms with E-state index in [1.807, 2.05) is 11.9 Å². The Balaban J connectivity index is 2.25. The topological polar surface area (TPSA) is 76.3 Å². The summed E-state index contributed by atoms with van der Waals surface area (Å²) < 4.78 is 11.4. The van der Waals surface area contributed by atoms with Gasteiger partial charge >= 0.3 is 5.69 Å². The van der Waals surface area contributed by atoms with Crippen LogP contribution in [0, 0.1) is 17.0 Å². The number of nitrogens with zero attached hydrogens (tertiary/aromatic N) is 3. The van der Waals surface area contributed by atoms with Crippen LogP contribution in [0.5, 0.6) is 0 Å². The van der Waals surface area contributed by atoms with Crippen molar-refractivity contribution in [3.8, 4) is 0 Å². The molecular formula is C12H17N3O3S. The number of aromatic nitrogens is 1. The van der Waals surface area contributed by atoms with Gasteiger partial charge in [0.2, 0.25) is 5.82 Å². The van der Waals surface area contributed by atoms with Gasteiger partial charge in [0.05, 0.1) is 4.92 Å². The summed E-state index contributed by atoms with van der Waals surface area (Å²) in [5, 5.41) is 11.1. The van der Waals surface area contributed by atoms with Crippen LogP contribution in [0.3, 0.4) is 0 Å². The SMILES string of the molecule is Cc1cnc(N(C)C2CCS(=O)CC2)c([N+](=O)[O-])c1. The molecule has 0 saturated carbocycles. The molecule has 0 N–H and O–H groups in total. The van der Waals surface area contributed by atoms with Crippen LogP contribution < -0.4 is 4.90 Å². The van der Waals surface area contributed by atoms with Gasteiger partial charge in [0, 0.05) is 47.7 Å². The van der Waals surface area contributed by atoms with Crippen molar-refractivity contribution in [1.82, 2.24) is 4.98 Å². The zero-order valence-corrected chi connectivity index (χ0v) is 11.9. The second kappa shape index (κ2) is 5.64. The van der Waals surface area contributed by atoms with Gasteiger partial charge in [-0.05, 0) is 25.3 Å². The highest BCUT2D eigenvalue weighted by molar-refractivity contribution is 7.85. The van der Waals surface area contributed by atoms with Crippen LogP contribution in [0.1, 0.15) is 18.4 Å². The number of hydrogen-bond acceptors (Lipinski definition) is 5. The van der Waals surface area contributed by atoms with E-state index in [0.29, 0.717) is 17.3 Å². The van der Waals surface area contributed by atoms with E-state index in [9.17, 15) is 14.3 Å². The molecule has 2 rings (SSSR count). The molecule has 1 fully saturated rings.